The van der Waals surface area contributed by atoms with Crippen molar-refractivity contribution in [1.29, 1.82) is 0 Å². The largest absolute Gasteiger partial charge is 0.439 e. The normalized spacial score (nSPS) is 17.6. The van der Waals surface area contributed by atoms with Crippen LogP contribution in [0, 0.1) is 0 Å². The fourth-order valence-corrected chi connectivity index (χ4v) is 3.13. The molecule has 0 bridgehead atoms. The van der Waals surface area contributed by atoms with Gasteiger partial charge in [0.2, 0.25) is 5.89 Å². The molecule has 0 spiro atoms. The van der Waals surface area contributed by atoms with Gasteiger partial charge in [0, 0.05) is 23.7 Å². The third-order valence-electron chi connectivity index (χ3n) is 4.11. The lowest BCUT2D eigenvalue weighted by Gasteiger charge is -2.22. The van der Waals surface area contributed by atoms with E-state index in [-0.39, 0.29) is 0 Å². The minimum atomic E-state index is -4.15. The quantitative estimate of drug-likeness (QED) is 0.809. The summed E-state index contributed by atoms with van der Waals surface area (Å²) < 4.78 is 43.3. The Morgan fingerprint density at radius 2 is 1.88 bits per heavy atom. The average Bonchev–Trinajstić information content (AvgIpc) is 2.89. The number of alkyl halides is 3. The molecule has 2 aromatic rings. The van der Waals surface area contributed by atoms with Crippen LogP contribution in [0.3, 0.4) is 0 Å². The van der Waals surface area contributed by atoms with Gasteiger partial charge in [-0.3, -0.25) is 9.80 Å². The smallest absolute Gasteiger partial charge is 0.401 e. The Hall–Kier alpha value is -1.57. The van der Waals surface area contributed by atoms with Crippen molar-refractivity contribution < 1.29 is 17.6 Å². The number of aromatic nitrogens is 1. The first-order valence-corrected chi connectivity index (χ1v) is 8.49. The molecule has 4 nitrogen and oxygen atoms in total. The molecule has 0 N–H and O–H groups in total. The number of nitrogens with zero attached hydrogens (tertiary/aromatic N) is 3. The fraction of sp³-hybridized carbons (Fsp3) is 0.471. The molecule has 2 heterocycles. The molecule has 1 saturated heterocycles. The molecule has 25 heavy (non-hydrogen) atoms. The molecule has 1 aromatic heterocycles. The zero-order valence-electron chi connectivity index (χ0n) is 13.6. The Balaban J connectivity index is 1.58. The summed E-state index contributed by atoms with van der Waals surface area (Å²) in [6, 6.07) is 7.31. The summed E-state index contributed by atoms with van der Waals surface area (Å²) in [5.41, 5.74) is 0.846. The molecule has 1 aliphatic heterocycles. The maximum atomic E-state index is 12.5. The van der Waals surface area contributed by atoms with Crippen LogP contribution in [0.2, 0.25) is 5.02 Å². The number of hydrogen-bond donors (Lipinski definition) is 0. The van der Waals surface area contributed by atoms with Crippen molar-refractivity contribution >= 4 is 11.6 Å². The van der Waals surface area contributed by atoms with Gasteiger partial charge in [0.15, 0.2) is 5.76 Å². The van der Waals surface area contributed by atoms with Crippen molar-refractivity contribution in [1.82, 2.24) is 14.8 Å². The van der Waals surface area contributed by atoms with E-state index in [0.29, 0.717) is 49.3 Å². The summed E-state index contributed by atoms with van der Waals surface area (Å²) in [6.07, 6.45) is -1.81. The molecule has 3 rings (SSSR count). The van der Waals surface area contributed by atoms with Crippen molar-refractivity contribution in [3.05, 3.63) is 41.4 Å². The van der Waals surface area contributed by atoms with Crippen LogP contribution in [-0.4, -0.2) is 53.7 Å². The molecule has 1 fully saturated rings. The number of benzene rings is 1. The Labute approximate surface area is 149 Å². The summed E-state index contributed by atoms with van der Waals surface area (Å²) in [5.74, 6) is 1.19. The molecule has 136 valence electrons. The molecule has 0 atom stereocenters. The van der Waals surface area contributed by atoms with E-state index in [4.69, 9.17) is 16.0 Å². The highest BCUT2D eigenvalue weighted by Gasteiger charge is 2.31. The third-order valence-corrected chi connectivity index (χ3v) is 4.34. The molecule has 0 radical (unpaired) electrons. The lowest BCUT2D eigenvalue weighted by atomic mass is 10.2. The van der Waals surface area contributed by atoms with Crippen LogP contribution >= 0.6 is 11.6 Å². The maximum Gasteiger partial charge on any atom is 0.401 e. The Bertz CT molecular complexity index is 704. The first kappa shape index (κ1) is 18.2. The third kappa shape index (κ3) is 5.45. The van der Waals surface area contributed by atoms with Crippen LogP contribution in [-0.2, 0) is 6.54 Å². The van der Waals surface area contributed by atoms with Gasteiger partial charge >= 0.3 is 6.18 Å². The van der Waals surface area contributed by atoms with E-state index in [2.05, 4.69) is 9.88 Å². The van der Waals surface area contributed by atoms with E-state index >= 15 is 0 Å². The van der Waals surface area contributed by atoms with E-state index < -0.39 is 12.7 Å². The van der Waals surface area contributed by atoms with Crippen LogP contribution in [0.4, 0.5) is 13.2 Å². The molecule has 0 unspecified atom stereocenters. The van der Waals surface area contributed by atoms with Crippen LogP contribution in [0.5, 0.6) is 0 Å². The summed E-state index contributed by atoms with van der Waals surface area (Å²) >= 11 is 5.98. The predicted molar refractivity (Wildman–Crippen MR) is 89.3 cm³/mol. The van der Waals surface area contributed by atoms with Crippen molar-refractivity contribution in [3.8, 4) is 11.3 Å². The monoisotopic (exact) mass is 373 g/mol. The summed E-state index contributed by atoms with van der Waals surface area (Å²) in [6.45, 7) is 1.77. The van der Waals surface area contributed by atoms with Crippen LogP contribution in [0.25, 0.3) is 11.3 Å². The second-order valence-corrected chi connectivity index (χ2v) is 6.59. The molecule has 0 aliphatic carbocycles. The second kappa shape index (κ2) is 7.76. The topological polar surface area (TPSA) is 32.5 Å². The molecule has 0 amide bonds. The number of rotatable bonds is 4. The van der Waals surface area contributed by atoms with Gasteiger partial charge < -0.3 is 4.42 Å². The van der Waals surface area contributed by atoms with Crippen molar-refractivity contribution in [2.24, 2.45) is 0 Å². The summed E-state index contributed by atoms with van der Waals surface area (Å²) in [5, 5.41) is 0.618. The molecule has 1 aromatic carbocycles. The highest BCUT2D eigenvalue weighted by Crippen LogP contribution is 2.24. The zero-order chi connectivity index (χ0) is 17.9. The SMILES string of the molecule is FC(F)(F)CN1CCCN(Cc2ncc(-c3cccc(Cl)c3)o2)CC1. The molecular weight excluding hydrogens is 355 g/mol. The van der Waals surface area contributed by atoms with Gasteiger partial charge in [-0.1, -0.05) is 23.7 Å². The molecular formula is C17H19ClF3N3O. The van der Waals surface area contributed by atoms with Crippen LogP contribution < -0.4 is 0 Å². The van der Waals surface area contributed by atoms with E-state index in [1.807, 2.05) is 12.1 Å². The van der Waals surface area contributed by atoms with Crippen molar-refractivity contribution in [3.63, 3.8) is 0 Å². The Morgan fingerprint density at radius 3 is 2.64 bits per heavy atom. The van der Waals surface area contributed by atoms with Gasteiger partial charge in [-0.2, -0.15) is 13.2 Å². The van der Waals surface area contributed by atoms with E-state index in [9.17, 15) is 13.2 Å². The highest BCUT2D eigenvalue weighted by molar-refractivity contribution is 6.30. The summed E-state index contributed by atoms with van der Waals surface area (Å²) in [7, 11) is 0. The first-order valence-electron chi connectivity index (χ1n) is 8.11. The Kier molecular flexibility index (Phi) is 5.66. The minimum Gasteiger partial charge on any atom is -0.439 e. The predicted octanol–water partition coefficient (Wildman–Crippen LogP) is 4.07. The standard InChI is InChI=1S/C17H19ClF3N3O/c18-14-4-1-3-13(9-14)15-10-22-16(25-15)11-23-5-2-6-24(8-7-23)12-17(19,20)21/h1,3-4,9-10H,2,5-8,11-12H2. The summed E-state index contributed by atoms with van der Waals surface area (Å²) in [4.78, 5) is 7.81. The minimum absolute atomic E-state index is 0.390. The van der Waals surface area contributed by atoms with Gasteiger partial charge in [0.25, 0.3) is 0 Å². The van der Waals surface area contributed by atoms with Crippen molar-refractivity contribution in [2.75, 3.05) is 32.7 Å². The van der Waals surface area contributed by atoms with Gasteiger partial charge in [0.05, 0.1) is 19.3 Å². The molecule has 8 heteroatoms. The average molecular weight is 374 g/mol. The maximum absolute atomic E-state index is 12.5. The van der Waals surface area contributed by atoms with Gasteiger partial charge in [-0.15, -0.1) is 0 Å². The van der Waals surface area contributed by atoms with E-state index in [1.54, 1.807) is 18.3 Å². The van der Waals surface area contributed by atoms with E-state index in [1.165, 1.54) is 4.90 Å². The second-order valence-electron chi connectivity index (χ2n) is 6.15. The van der Waals surface area contributed by atoms with E-state index in [0.717, 1.165) is 12.1 Å². The molecule has 0 saturated carbocycles. The van der Waals surface area contributed by atoms with Crippen LogP contribution in [0.15, 0.2) is 34.9 Å². The first-order chi connectivity index (χ1) is 11.9. The number of hydrogen-bond acceptors (Lipinski definition) is 4. The van der Waals surface area contributed by atoms with Gasteiger partial charge in [0.1, 0.15) is 0 Å². The van der Waals surface area contributed by atoms with Gasteiger partial charge in [-0.05, 0) is 31.6 Å². The van der Waals surface area contributed by atoms with Gasteiger partial charge in [-0.25, -0.2) is 4.98 Å². The zero-order valence-corrected chi connectivity index (χ0v) is 14.4. The number of oxazole rings is 1. The Morgan fingerprint density at radius 1 is 1.12 bits per heavy atom. The highest BCUT2D eigenvalue weighted by atomic mass is 35.5. The molecule has 1 aliphatic rings. The van der Waals surface area contributed by atoms with Crippen LogP contribution in [0.1, 0.15) is 12.3 Å². The number of halogens is 4. The lowest BCUT2D eigenvalue weighted by molar-refractivity contribution is -0.145. The van der Waals surface area contributed by atoms with Crippen molar-refractivity contribution in [2.45, 2.75) is 19.1 Å². The fourth-order valence-electron chi connectivity index (χ4n) is 2.94. The lowest BCUT2D eigenvalue weighted by Crippen LogP contribution is -2.37.